The number of rotatable bonds is 3. The molecule has 5 heteroatoms. The molecule has 0 radical (unpaired) electrons. The van der Waals surface area contributed by atoms with Gasteiger partial charge in [-0.1, -0.05) is 43.3 Å². The van der Waals surface area contributed by atoms with Gasteiger partial charge in [-0.05, 0) is 48.2 Å². The number of hydrogen-bond acceptors (Lipinski definition) is 4. The van der Waals surface area contributed by atoms with Crippen LogP contribution >= 0.6 is 0 Å². The topological polar surface area (TPSA) is 63.7 Å². The molecule has 0 saturated heterocycles. The Morgan fingerprint density at radius 2 is 1.94 bits per heavy atom. The maximum absolute atomic E-state index is 9.41. The molecule has 0 aliphatic carbocycles. The van der Waals surface area contributed by atoms with Crippen LogP contribution in [0.15, 0.2) is 54.6 Å². The average Bonchev–Trinajstić information content (AvgIpc) is 3.06. The van der Waals surface area contributed by atoms with Crippen molar-refractivity contribution >= 4 is 16.7 Å². The lowest BCUT2D eigenvalue weighted by Crippen LogP contribution is -2.06. The highest BCUT2D eigenvalue weighted by molar-refractivity contribution is 5.86. The van der Waals surface area contributed by atoms with Gasteiger partial charge < -0.3 is 9.30 Å². The first-order chi connectivity index (χ1) is 15.6. The van der Waals surface area contributed by atoms with Crippen molar-refractivity contribution in [2.75, 3.05) is 0 Å². The van der Waals surface area contributed by atoms with Crippen molar-refractivity contribution < 1.29 is 4.74 Å². The van der Waals surface area contributed by atoms with E-state index in [1.54, 1.807) is 6.08 Å². The van der Waals surface area contributed by atoms with Gasteiger partial charge in [0, 0.05) is 29.3 Å². The van der Waals surface area contributed by atoms with Crippen molar-refractivity contribution in [3.8, 4) is 11.8 Å². The second kappa shape index (κ2) is 7.97. The number of hydrogen-bond donors (Lipinski definition) is 0. The predicted octanol–water partition coefficient (Wildman–Crippen LogP) is 5.51. The Morgan fingerprint density at radius 3 is 2.75 bits per heavy atom. The Labute approximate surface area is 187 Å². The fourth-order valence-electron chi connectivity index (χ4n) is 4.50. The van der Waals surface area contributed by atoms with Crippen LogP contribution in [0, 0.1) is 25.2 Å². The van der Waals surface area contributed by atoms with E-state index in [1.165, 1.54) is 0 Å². The van der Waals surface area contributed by atoms with Gasteiger partial charge in [-0.25, -0.2) is 9.97 Å². The molecule has 0 N–H and O–H groups in total. The molecule has 1 aliphatic rings. The van der Waals surface area contributed by atoms with Crippen molar-refractivity contribution in [1.29, 1.82) is 5.26 Å². The zero-order chi connectivity index (χ0) is 22.2. The number of nitriles is 1. The van der Waals surface area contributed by atoms with E-state index >= 15 is 0 Å². The smallest absolute Gasteiger partial charge is 0.160 e. The van der Waals surface area contributed by atoms with Crippen molar-refractivity contribution in [3.05, 3.63) is 93.9 Å². The summed E-state index contributed by atoms with van der Waals surface area (Å²) >= 11 is 0. The number of pyridine rings is 1. The van der Waals surface area contributed by atoms with Crippen LogP contribution in [0.25, 0.3) is 16.7 Å². The molecule has 0 spiro atoms. The second-order valence-corrected chi connectivity index (χ2v) is 8.18. The number of benzene rings is 2. The van der Waals surface area contributed by atoms with E-state index in [0.29, 0.717) is 13.2 Å². The Morgan fingerprint density at radius 1 is 1.09 bits per heavy atom. The normalized spacial score (nSPS) is 13.9. The molecule has 1 aliphatic heterocycles. The summed E-state index contributed by atoms with van der Waals surface area (Å²) in [6, 6.07) is 18.6. The van der Waals surface area contributed by atoms with Gasteiger partial charge in [-0.15, -0.1) is 0 Å². The lowest BCUT2D eigenvalue weighted by Gasteiger charge is -2.13. The highest BCUT2D eigenvalue weighted by atomic mass is 16.5. The number of allylic oxidation sites excluding steroid dienone is 1. The molecule has 32 heavy (non-hydrogen) atoms. The zero-order valence-electron chi connectivity index (χ0n) is 18.5. The predicted molar refractivity (Wildman–Crippen MR) is 125 cm³/mol. The van der Waals surface area contributed by atoms with E-state index in [0.717, 1.165) is 68.2 Å². The van der Waals surface area contributed by atoms with Crippen molar-refractivity contribution in [2.24, 2.45) is 0 Å². The third kappa shape index (κ3) is 3.34. The minimum Gasteiger partial charge on any atom is -0.488 e. The summed E-state index contributed by atoms with van der Waals surface area (Å²) in [5.74, 6) is 1.82. The van der Waals surface area contributed by atoms with Crippen LogP contribution in [0.2, 0.25) is 0 Å². The number of ether oxygens (including phenoxy) is 1. The second-order valence-electron chi connectivity index (χ2n) is 8.18. The van der Waals surface area contributed by atoms with Gasteiger partial charge in [-0.2, -0.15) is 5.26 Å². The Bertz CT molecular complexity index is 1420. The van der Waals surface area contributed by atoms with Gasteiger partial charge in [0.05, 0.1) is 12.6 Å². The third-order valence-corrected chi connectivity index (χ3v) is 5.99. The van der Waals surface area contributed by atoms with Gasteiger partial charge in [0.15, 0.2) is 5.65 Å². The minimum atomic E-state index is 0.476. The molecule has 0 amide bonds. The summed E-state index contributed by atoms with van der Waals surface area (Å²) in [5, 5.41) is 9.41. The summed E-state index contributed by atoms with van der Waals surface area (Å²) in [6.45, 7) is 7.37. The number of aryl methyl sites for hydroxylation is 3. The van der Waals surface area contributed by atoms with E-state index in [-0.39, 0.29) is 0 Å². The summed E-state index contributed by atoms with van der Waals surface area (Å²) in [5.41, 5.74) is 9.11. The zero-order valence-corrected chi connectivity index (χ0v) is 18.5. The highest BCUT2D eigenvalue weighted by Crippen LogP contribution is 2.37. The van der Waals surface area contributed by atoms with E-state index < -0.39 is 0 Å². The first kappa shape index (κ1) is 20.0. The standard InChI is InChI=1S/C27H24N4O/c1-4-25-30-26-17(2)13-18(3)29-27(26)31(25)15-19-9-10-23-22(11-12-28)21-8-6-5-7-20(21)16-32-24(23)14-19/h5-11,13-14H,4,15-16H2,1-3H3/b22-11-. The molecule has 0 atom stereocenters. The average molecular weight is 421 g/mol. The number of imidazole rings is 1. The van der Waals surface area contributed by atoms with Crippen molar-refractivity contribution in [3.63, 3.8) is 0 Å². The van der Waals surface area contributed by atoms with Crippen LogP contribution in [-0.2, 0) is 19.6 Å². The molecule has 0 bridgehead atoms. The lowest BCUT2D eigenvalue weighted by molar-refractivity contribution is 0.307. The van der Waals surface area contributed by atoms with Gasteiger partial charge in [0.2, 0.25) is 0 Å². The molecule has 5 rings (SSSR count). The van der Waals surface area contributed by atoms with Crippen LogP contribution in [0.1, 0.15) is 46.3 Å². The van der Waals surface area contributed by atoms with Crippen molar-refractivity contribution in [1.82, 2.24) is 14.5 Å². The van der Waals surface area contributed by atoms with E-state index in [1.807, 2.05) is 25.1 Å². The first-order valence-corrected chi connectivity index (χ1v) is 10.9. The minimum absolute atomic E-state index is 0.476. The van der Waals surface area contributed by atoms with Gasteiger partial charge in [0.25, 0.3) is 0 Å². The van der Waals surface area contributed by atoms with Crippen LogP contribution in [0.4, 0.5) is 0 Å². The molecule has 0 saturated carbocycles. The van der Waals surface area contributed by atoms with Gasteiger partial charge >= 0.3 is 0 Å². The quantitative estimate of drug-likeness (QED) is 0.410. The molecule has 4 aromatic rings. The summed E-state index contributed by atoms with van der Waals surface area (Å²) < 4.78 is 8.41. The highest BCUT2D eigenvalue weighted by Gasteiger charge is 2.20. The van der Waals surface area contributed by atoms with Gasteiger partial charge in [0.1, 0.15) is 23.7 Å². The number of aromatic nitrogens is 3. The van der Waals surface area contributed by atoms with E-state index in [2.05, 4.69) is 54.8 Å². The molecular weight excluding hydrogens is 396 g/mol. The van der Waals surface area contributed by atoms with Crippen LogP contribution in [0.3, 0.4) is 0 Å². The lowest BCUT2D eigenvalue weighted by atomic mass is 9.93. The summed E-state index contributed by atoms with van der Waals surface area (Å²) in [7, 11) is 0. The molecule has 3 heterocycles. The molecular formula is C27H24N4O. The van der Waals surface area contributed by atoms with Gasteiger partial charge in [-0.3, -0.25) is 0 Å². The van der Waals surface area contributed by atoms with Crippen LogP contribution in [-0.4, -0.2) is 14.5 Å². The molecule has 2 aromatic carbocycles. The fourth-order valence-corrected chi connectivity index (χ4v) is 4.50. The molecule has 5 nitrogen and oxygen atoms in total. The van der Waals surface area contributed by atoms with Crippen molar-refractivity contribution in [2.45, 2.75) is 40.3 Å². The first-order valence-electron chi connectivity index (χ1n) is 10.9. The maximum Gasteiger partial charge on any atom is 0.160 e. The maximum atomic E-state index is 9.41. The Balaban J connectivity index is 1.59. The summed E-state index contributed by atoms with van der Waals surface area (Å²) in [6.07, 6.45) is 2.45. The SMILES string of the molecule is CCc1nc2c(C)cc(C)nc2n1Cc1ccc2c(c1)OCc1ccccc1/C2=C/C#N. The molecule has 2 aromatic heterocycles. The molecule has 0 unspecified atom stereocenters. The number of nitrogens with zero attached hydrogens (tertiary/aromatic N) is 4. The van der Waals surface area contributed by atoms with E-state index in [9.17, 15) is 5.26 Å². The Kier molecular flexibility index (Phi) is 4.99. The molecule has 158 valence electrons. The largest absolute Gasteiger partial charge is 0.488 e. The van der Waals surface area contributed by atoms with Crippen LogP contribution < -0.4 is 4.74 Å². The molecule has 0 fully saturated rings. The monoisotopic (exact) mass is 420 g/mol. The summed E-state index contributed by atoms with van der Waals surface area (Å²) in [4.78, 5) is 9.65. The fraction of sp³-hybridized carbons (Fsp3) is 0.222. The third-order valence-electron chi connectivity index (χ3n) is 5.99. The number of fused-ring (bicyclic) bond motifs is 3. The Hall–Kier alpha value is -3.91. The van der Waals surface area contributed by atoms with E-state index in [4.69, 9.17) is 14.7 Å². The van der Waals surface area contributed by atoms with Crippen LogP contribution in [0.5, 0.6) is 5.75 Å².